The van der Waals surface area contributed by atoms with E-state index in [1.165, 1.54) is 12.1 Å². The van der Waals surface area contributed by atoms with Crippen LogP contribution in [-0.4, -0.2) is 37.0 Å². The van der Waals surface area contributed by atoms with Gasteiger partial charge in [-0.1, -0.05) is 0 Å². The second-order valence-electron chi connectivity index (χ2n) is 6.56. The quantitative estimate of drug-likeness (QED) is 0.567. The maximum atomic E-state index is 13.4. The largest absolute Gasteiger partial charge is 0.361 e. The van der Waals surface area contributed by atoms with Gasteiger partial charge in [-0.2, -0.15) is 4.98 Å². The number of carbonyl (C=O) groups is 1. The van der Waals surface area contributed by atoms with Crippen molar-refractivity contribution in [3.05, 3.63) is 59.1 Å². The number of amides is 1. The van der Waals surface area contributed by atoms with Gasteiger partial charge in [0.15, 0.2) is 5.82 Å². The van der Waals surface area contributed by atoms with Crippen molar-refractivity contribution in [2.45, 2.75) is 26.7 Å². The van der Waals surface area contributed by atoms with Crippen molar-refractivity contribution >= 4 is 22.6 Å². The number of halogens is 1. The molecule has 27 heavy (non-hydrogen) atoms. The Morgan fingerprint density at radius 2 is 2.11 bits per heavy atom. The first kappa shape index (κ1) is 17.1. The second kappa shape index (κ2) is 6.79. The number of aryl methyl sites for hydroxylation is 2. The molecule has 3 heterocycles. The lowest BCUT2D eigenvalue weighted by Crippen LogP contribution is -2.27. The number of hydrogen-bond donors (Lipinski definition) is 2. The van der Waals surface area contributed by atoms with Crippen LogP contribution < -0.4 is 5.32 Å². The van der Waals surface area contributed by atoms with Crippen LogP contribution in [-0.2, 0) is 17.6 Å². The molecule has 0 aliphatic rings. The summed E-state index contributed by atoms with van der Waals surface area (Å²) in [6.45, 7) is 4.26. The predicted octanol–water partition coefficient (Wildman–Crippen LogP) is 2.26. The molecule has 138 valence electrons. The van der Waals surface area contributed by atoms with E-state index in [4.69, 9.17) is 0 Å². The summed E-state index contributed by atoms with van der Waals surface area (Å²) in [5.41, 5.74) is 3.62. The predicted molar refractivity (Wildman–Crippen MR) is 98.9 cm³/mol. The Balaban J connectivity index is 1.38. The lowest BCUT2D eigenvalue weighted by Gasteiger charge is -2.03. The lowest BCUT2D eigenvalue weighted by atomic mass is 10.1. The van der Waals surface area contributed by atoms with Gasteiger partial charge in [0.05, 0.1) is 6.42 Å². The van der Waals surface area contributed by atoms with Crippen LogP contribution in [0.25, 0.3) is 16.7 Å². The molecule has 0 fully saturated rings. The van der Waals surface area contributed by atoms with Gasteiger partial charge in [-0.15, -0.1) is 5.10 Å². The number of nitrogens with one attached hydrogen (secondary N) is 2. The van der Waals surface area contributed by atoms with Gasteiger partial charge in [0.2, 0.25) is 5.91 Å². The van der Waals surface area contributed by atoms with Crippen molar-refractivity contribution in [3.8, 4) is 0 Å². The summed E-state index contributed by atoms with van der Waals surface area (Å²) in [6.07, 6.45) is 2.54. The van der Waals surface area contributed by atoms with E-state index >= 15 is 0 Å². The molecular formula is C19H19FN6O. The van der Waals surface area contributed by atoms with E-state index in [-0.39, 0.29) is 18.1 Å². The molecule has 0 atom stereocenters. The van der Waals surface area contributed by atoms with Crippen LogP contribution in [0.1, 0.15) is 22.8 Å². The Hall–Kier alpha value is -3.29. The van der Waals surface area contributed by atoms with Gasteiger partial charge >= 0.3 is 0 Å². The molecule has 8 heteroatoms. The lowest BCUT2D eigenvalue weighted by molar-refractivity contribution is -0.120. The Morgan fingerprint density at radius 1 is 1.26 bits per heavy atom. The summed E-state index contributed by atoms with van der Waals surface area (Å²) in [5, 5.41) is 8.04. The topological polar surface area (TPSA) is 88.0 Å². The van der Waals surface area contributed by atoms with E-state index in [1.54, 1.807) is 10.6 Å². The van der Waals surface area contributed by atoms with Crippen molar-refractivity contribution in [2.75, 3.05) is 6.54 Å². The molecule has 4 aromatic rings. The third-order valence-corrected chi connectivity index (χ3v) is 4.43. The standard InChI is InChI=1S/C19H19FN6O/c1-11-7-12(2)26-19(23-11)24-17(25-26)9-18(27)21-6-5-13-10-22-16-4-3-14(20)8-15(13)16/h3-4,7-8,10,22H,5-6,9H2,1-2H3,(H,21,27). The molecule has 0 bridgehead atoms. The van der Waals surface area contributed by atoms with Crippen LogP contribution in [0.2, 0.25) is 0 Å². The molecule has 0 spiro atoms. The second-order valence-corrected chi connectivity index (χ2v) is 6.56. The molecule has 0 saturated heterocycles. The highest BCUT2D eigenvalue weighted by Crippen LogP contribution is 2.19. The molecule has 2 N–H and O–H groups in total. The Bertz CT molecular complexity index is 1150. The fourth-order valence-electron chi connectivity index (χ4n) is 3.18. The number of benzene rings is 1. The molecule has 1 aromatic carbocycles. The van der Waals surface area contributed by atoms with Crippen molar-refractivity contribution in [3.63, 3.8) is 0 Å². The Labute approximate surface area is 154 Å². The zero-order chi connectivity index (χ0) is 19.0. The maximum absolute atomic E-state index is 13.4. The number of fused-ring (bicyclic) bond motifs is 2. The molecule has 0 unspecified atom stereocenters. The third kappa shape index (κ3) is 3.51. The Kier molecular flexibility index (Phi) is 4.31. The highest BCUT2D eigenvalue weighted by Gasteiger charge is 2.12. The normalized spacial score (nSPS) is 11.4. The first-order valence-corrected chi connectivity index (χ1v) is 8.72. The van der Waals surface area contributed by atoms with Crippen LogP contribution in [0.5, 0.6) is 0 Å². The number of rotatable bonds is 5. The third-order valence-electron chi connectivity index (χ3n) is 4.43. The van der Waals surface area contributed by atoms with Crippen molar-refractivity contribution in [1.82, 2.24) is 29.9 Å². The Morgan fingerprint density at radius 3 is 2.96 bits per heavy atom. The minimum Gasteiger partial charge on any atom is -0.361 e. The van der Waals surface area contributed by atoms with Crippen LogP contribution in [0.15, 0.2) is 30.5 Å². The summed E-state index contributed by atoms with van der Waals surface area (Å²) in [4.78, 5) is 23.9. The average molecular weight is 366 g/mol. The van der Waals surface area contributed by atoms with E-state index in [1.807, 2.05) is 26.1 Å². The average Bonchev–Trinajstić information content (AvgIpc) is 3.18. The van der Waals surface area contributed by atoms with Crippen LogP contribution in [0.3, 0.4) is 0 Å². The molecule has 3 aromatic heterocycles. The molecule has 0 aliphatic heterocycles. The van der Waals surface area contributed by atoms with E-state index in [9.17, 15) is 9.18 Å². The number of aromatic nitrogens is 5. The molecule has 0 aliphatic carbocycles. The number of hydrogen-bond acceptors (Lipinski definition) is 4. The molecule has 4 rings (SSSR count). The van der Waals surface area contributed by atoms with Gasteiger partial charge in [-0.05, 0) is 50.1 Å². The summed E-state index contributed by atoms with van der Waals surface area (Å²) >= 11 is 0. The van der Waals surface area contributed by atoms with E-state index in [2.05, 4.69) is 25.4 Å². The van der Waals surface area contributed by atoms with Gasteiger partial charge in [0.25, 0.3) is 5.78 Å². The summed E-state index contributed by atoms with van der Waals surface area (Å²) in [5.74, 6) is 0.495. The fraction of sp³-hybridized carbons (Fsp3) is 0.263. The van der Waals surface area contributed by atoms with Gasteiger partial charge in [0.1, 0.15) is 5.82 Å². The number of H-pyrrole nitrogens is 1. The highest BCUT2D eigenvalue weighted by molar-refractivity contribution is 5.83. The van der Waals surface area contributed by atoms with Crippen LogP contribution in [0.4, 0.5) is 4.39 Å². The molecule has 0 saturated carbocycles. The van der Waals surface area contributed by atoms with E-state index in [0.717, 1.165) is 27.9 Å². The van der Waals surface area contributed by atoms with Crippen LogP contribution >= 0.6 is 0 Å². The van der Waals surface area contributed by atoms with Gasteiger partial charge in [-0.25, -0.2) is 13.9 Å². The first-order valence-electron chi connectivity index (χ1n) is 8.72. The van der Waals surface area contributed by atoms with Crippen LogP contribution in [0, 0.1) is 19.7 Å². The SMILES string of the molecule is Cc1cc(C)n2nc(CC(=O)NCCc3c[nH]c4ccc(F)cc34)nc2n1. The first-order chi connectivity index (χ1) is 13.0. The molecule has 7 nitrogen and oxygen atoms in total. The van der Waals surface area contributed by atoms with Crippen molar-refractivity contribution < 1.29 is 9.18 Å². The van der Waals surface area contributed by atoms with Gasteiger partial charge in [-0.3, -0.25) is 4.79 Å². The van der Waals surface area contributed by atoms with Crippen molar-refractivity contribution in [1.29, 1.82) is 0 Å². The molecule has 1 amide bonds. The summed E-state index contributed by atoms with van der Waals surface area (Å²) in [6, 6.07) is 6.54. The minimum atomic E-state index is -0.274. The van der Waals surface area contributed by atoms with Crippen molar-refractivity contribution in [2.24, 2.45) is 0 Å². The maximum Gasteiger partial charge on any atom is 0.252 e. The summed E-state index contributed by atoms with van der Waals surface area (Å²) < 4.78 is 15.1. The highest BCUT2D eigenvalue weighted by atomic mass is 19.1. The zero-order valence-corrected chi connectivity index (χ0v) is 15.1. The molecule has 0 radical (unpaired) electrons. The molecular weight excluding hydrogens is 347 g/mol. The van der Waals surface area contributed by atoms with Gasteiger partial charge in [0, 0.05) is 35.0 Å². The van der Waals surface area contributed by atoms with E-state index < -0.39 is 0 Å². The summed E-state index contributed by atoms with van der Waals surface area (Å²) in [7, 11) is 0. The zero-order valence-electron chi connectivity index (χ0n) is 15.1. The van der Waals surface area contributed by atoms with E-state index in [0.29, 0.717) is 24.6 Å². The number of carbonyl (C=O) groups excluding carboxylic acids is 1. The smallest absolute Gasteiger partial charge is 0.252 e. The van der Waals surface area contributed by atoms with Gasteiger partial charge < -0.3 is 10.3 Å². The minimum absolute atomic E-state index is 0.0877. The monoisotopic (exact) mass is 366 g/mol. The number of aromatic amines is 1. The number of nitrogens with zero attached hydrogens (tertiary/aromatic N) is 4. The fourth-order valence-corrected chi connectivity index (χ4v) is 3.18.